The number of hydrogen-bond acceptors (Lipinski definition) is 4. The molecule has 0 aliphatic heterocycles. The fourth-order valence-electron chi connectivity index (χ4n) is 2.02. The highest BCUT2D eigenvalue weighted by Crippen LogP contribution is 2.27. The lowest BCUT2D eigenvalue weighted by Crippen LogP contribution is -2.36. The summed E-state index contributed by atoms with van der Waals surface area (Å²) in [5.74, 6) is 0.966. The Bertz CT molecular complexity index is 645. The van der Waals surface area contributed by atoms with Crippen molar-refractivity contribution in [3.8, 4) is 5.75 Å². The quantitative estimate of drug-likeness (QED) is 0.825. The van der Waals surface area contributed by atoms with Crippen molar-refractivity contribution in [2.45, 2.75) is 6.04 Å². The predicted molar refractivity (Wildman–Crippen MR) is 90.1 cm³/mol. The molecule has 2 rings (SSSR count). The third kappa shape index (κ3) is 5.16. The van der Waals surface area contributed by atoms with E-state index in [2.05, 4.69) is 5.32 Å². The van der Waals surface area contributed by atoms with Gasteiger partial charge in [0.15, 0.2) is 6.61 Å². The summed E-state index contributed by atoms with van der Waals surface area (Å²) in [4.78, 5) is 13.9. The van der Waals surface area contributed by atoms with Crippen LogP contribution in [0.3, 0.4) is 0 Å². The second-order valence-electron chi connectivity index (χ2n) is 5.16. The summed E-state index contributed by atoms with van der Waals surface area (Å²) < 4.78 is 10.8. The SMILES string of the molecule is CN(C)[C@@H](CNC(=O)COc1ccc(Cl)cc1Cl)c1ccco1. The zero-order valence-electron chi connectivity index (χ0n) is 12.9. The highest BCUT2D eigenvalue weighted by Gasteiger charge is 2.18. The number of rotatable bonds is 7. The number of nitrogens with zero attached hydrogens (tertiary/aromatic N) is 1. The van der Waals surface area contributed by atoms with Gasteiger partial charge in [0.2, 0.25) is 0 Å². The Labute approximate surface area is 145 Å². The Morgan fingerprint density at radius 1 is 1.35 bits per heavy atom. The number of likely N-dealkylation sites (N-methyl/N-ethyl adjacent to an activating group) is 1. The molecular formula is C16H18Cl2N2O3. The Balaban J connectivity index is 1.84. The molecule has 0 aliphatic rings. The molecule has 1 heterocycles. The Morgan fingerprint density at radius 3 is 2.74 bits per heavy atom. The van der Waals surface area contributed by atoms with Crippen molar-refractivity contribution in [2.24, 2.45) is 0 Å². The number of furan rings is 1. The van der Waals surface area contributed by atoms with Crippen LogP contribution in [0.25, 0.3) is 0 Å². The molecule has 0 bridgehead atoms. The van der Waals surface area contributed by atoms with Crippen LogP contribution in [0, 0.1) is 0 Å². The maximum atomic E-state index is 11.9. The molecule has 1 amide bonds. The van der Waals surface area contributed by atoms with Crippen LogP contribution in [0.15, 0.2) is 41.0 Å². The van der Waals surface area contributed by atoms with Crippen LogP contribution >= 0.6 is 23.2 Å². The highest BCUT2D eigenvalue weighted by atomic mass is 35.5. The third-order valence-electron chi connectivity index (χ3n) is 3.24. The van der Waals surface area contributed by atoms with E-state index >= 15 is 0 Å². The summed E-state index contributed by atoms with van der Waals surface area (Å²) in [5, 5.41) is 3.70. The fourth-order valence-corrected chi connectivity index (χ4v) is 2.48. The van der Waals surface area contributed by atoms with Crippen molar-refractivity contribution < 1.29 is 13.9 Å². The molecule has 1 aromatic carbocycles. The van der Waals surface area contributed by atoms with Crippen LogP contribution in [0.1, 0.15) is 11.8 Å². The predicted octanol–water partition coefficient (Wildman–Crippen LogP) is 3.38. The first-order valence-electron chi connectivity index (χ1n) is 7.01. The van der Waals surface area contributed by atoms with Crippen LogP contribution in [-0.2, 0) is 4.79 Å². The maximum absolute atomic E-state index is 11.9. The van der Waals surface area contributed by atoms with E-state index in [1.807, 2.05) is 31.1 Å². The molecule has 0 radical (unpaired) electrons. The first-order valence-corrected chi connectivity index (χ1v) is 7.77. The van der Waals surface area contributed by atoms with Crippen LogP contribution in [0.2, 0.25) is 10.0 Å². The van der Waals surface area contributed by atoms with E-state index in [4.69, 9.17) is 32.4 Å². The lowest BCUT2D eigenvalue weighted by molar-refractivity contribution is -0.123. The molecule has 0 unspecified atom stereocenters. The van der Waals surface area contributed by atoms with E-state index in [1.54, 1.807) is 24.5 Å². The molecule has 1 N–H and O–H groups in total. The number of benzene rings is 1. The molecule has 0 fully saturated rings. The van der Waals surface area contributed by atoms with Gasteiger partial charge in [0.25, 0.3) is 5.91 Å². The van der Waals surface area contributed by atoms with E-state index in [0.717, 1.165) is 5.76 Å². The molecular weight excluding hydrogens is 339 g/mol. The molecule has 0 saturated carbocycles. The number of nitrogens with one attached hydrogen (secondary N) is 1. The van der Waals surface area contributed by atoms with Crippen molar-refractivity contribution >= 4 is 29.1 Å². The number of carbonyl (C=O) groups excluding carboxylic acids is 1. The summed E-state index contributed by atoms with van der Waals surface area (Å²) in [6.07, 6.45) is 1.61. The van der Waals surface area contributed by atoms with Crippen LogP contribution in [0.4, 0.5) is 0 Å². The molecule has 124 valence electrons. The number of halogens is 2. The molecule has 0 spiro atoms. The number of carbonyl (C=O) groups is 1. The monoisotopic (exact) mass is 356 g/mol. The largest absolute Gasteiger partial charge is 0.482 e. The number of amides is 1. The molecule has 0 aliphatic carbocycles. The molecule has 0 saturated heterocycles. The average Bonchev–Trinajstić information content (AvgIpc) is 3.00. The summed E-state index contributed by atoms with van der Waals surface area (Å²) in [7, 11) is 3.84. The van der Waals surface area contributed by atoms with Gasteiger partial charge in [-0.25, -0.2) is 0 Å². The van der Waals surface area contributed by atoms with Gasteiger partial charge in [0.1, 0.15) is 11.5 Å². The van der Waals surface area contributed by atoms with Gasteiger partial charge in [-0.15, -0.1) is 0 Å². The second kappa shape index (κ2) is 8.24. The third-order valence-corrected chi connectivity index (χ3v) is 3.77. The zero-order valence-corrected chi connectivity index (χ0v) is 14.4. The topological polar surface area (TPSA) is 54.7 Å². The van der Waals surface area contributed by atoms with Crippen LogP contribution in [-0.4, -0.2) is 38.1 Å². The summed E-state index contributed by atoms with van der Waals surface area (Å²) in [6, 6.07) is 8.49. The van der Waals surface area contributed by atoms with E-state index in [9.17, 15) is 4.79 Å². The lowest BCUT2D eigenvalue weighted by Gasteiger charge is -2.22. The van der Waals surface area contributed by atoms with E-state index in [-0.39, 0.29) is 18.6 Å². The lowest BCUT2D eigenvalue weighted by atomic mass is 10.2. The Kier molecular flexibility index (Phi) is 6.33. The first kappa shape index (κ1) is 17.7. The van der Waals surface area contributed by atoms with Crippen molar-refractivity contribution in [2.75, 3.05) is 27.2 Å². The Hall–Kier alpha value is -1.69. The van der Waals surface area contributed by atoms with E-state index < -0.39 is 0 Å². The van der Waals surface area contributed by atoms with Gasteiger partial charge < -0.3 is 14.5 Å². The zero-order chi connectivity index (χ0) is 16.8. The van der Waals surface area contributed by atoms with E-state index in [1.165, 1.54) is 0 Å². The van der Waals surface area contributed by atoms with Crippen molar-refractivity contribution in [3.63, 3.8) is 0 Å². The molecule has 1 aromatic heterocycles. The molecule has 7 heteroatoms. The number of ether oxygens (including phenoxy) is 1. The first-order chi connectivity index (χ1) is 11.0. The summed E-state index contributed by atoms with van der Waals surface area (Å²) in [5.41, 5.74) is 0. The second-order valence-corrected chi connectivity index (χ2v) is 6.01. The summed E-state index contributed by atoms with van der Waals surface area (Å²) in [6.45, 7) is 0.288. The maximum Gasteiger partial charge on any atom is 0.258 e. The highest BCUT2D eigenvalue weighted by molar-refractivity contribution is 6.35. The van der Waals surface area contributed by atoms with Gasteiger partial charge in [-0.05, 0) is 44.4 Å². The van der Waals surface area contributed by atoms with Gasteiger partial charge in [0.05, 0.1) is 17.3 Å². The normalized spacial score (nSPS) is 12.2. The average molecular weight is 357 g/mol. The van der Waals surface area contributed by atoms with Crippen LogP contribution in [0.5, 0.6) is 5.75 Å². The minimum atomic E-state index is -0.241. The molecule has 1 atom stereocenters. The van der Waals surface area contributed by atoms with Crippen molar-refractivity contribution in [3.05, 3.63) is 52.4 Å². The smallest absolute Gasteiger partial charge is 0.258 e. The Morgan fingerprint density at radius 2 is 2.13 bits per heavy atom. The van der Waals surface area contributed by atoms with Gasteiger partial charge >= 0.3 is 0 Å². The van der Waals surface area contributed by atoms with Crippen molar-refractivity contribution in [1.82, 2.24) is 10.2 Å². The molecule has 5 nitrogen and oxygen atoms in total. The summed E-state index contributed by atoms with van der Waals surface area (Å²) >= 11 is 11.8. The van der Waals surface area contributed by atoms with E-state index in [0.29, 0.717) is 22.3 Å². The van der Waals surface area contributed by atoms with Gasteiger partial charge in [-0.2, -0.15) is 0 Å². The van der Waals surface area contributed by atoms with Crippen molar-refractivity contribution in [1.29, 1.82) is 0 Å². The van der Waals surface area contributed by atoms with Crippen LogP contribution < -0.4 is 10.1 Å². The molecule has 2 aromatic rings. The van der Waals surface area contributed by atoms with Gasteiger partial charge in [-0.3, -0.25) is 9.69 Å². The van der Waals surface area contributed by atoms with Gasteiger partial charge in [-0.1, -0.05) is 23.2 Å². The standard InChI is InChI=1S/C16H18Cl2N2O3/c1-20(2)13(15-4-3-7-22-15)9-19-16(21)10-23-14-6-5-11(17)8-12(14)18/h3-8,13H,9-10H2,1-2H3,(H,19,21)/t13-/m0/s1. The minimum Gasteiger partial charge on any atom is -0.482 e. The number of hydrogen-bond donors (Lipinski definition) is 1. The van der Waals surface area contributed by atoms with Gasteiger partial charge in [0, 0.05) is 11.6 Å². The minimum absolute atomic E-state index is 0.0481. The fraction of sp³-hybridized carbons (Fsp3) is 0.312. The molecule has 23 heavy (non-hydrogen) atoms.